The molecule has 0 amide bonds. The summed E-state index contributed by atoms with van der Waals surface area (Å²) >= 11 is 1.85. The molecule has 1 N–H and O–H groups in total. The van der Waals surface area contributed by atoms with E-state index in [0.717, 1.165) is 11.5 Å². The Morgan fingerprint density at radius 3 is 2.77 bits per heavy atom. The Morgan fingerprint density at radius 2 is 2.15 bits per heavy atom. The van der Waals surface area contributed by atoms with Crippen LogP contribution in [-0.2, 0) is 5.75 Å². The van der Waals surface area contributed by atoms with E-state index in [0.29, 0.717) is 5.92 Å². The van der Waals surface area contributed by atoms with Gasteiger partial charge in [-0.25, -0.2) is 0 Å². The highest BCUT2D eigenvalue weighted by molar-refractivity contribution is 7.98. The molecule has 1 aromatic heterocycles. The van der Waals surface area contributed by atoms with E-state index in [4.69, 9.17) is 5.11 Å². The first-order chi connectivity index (χ1) is 6.33. The Hall–Kier alpha value is -0.540. The lowest BCUT2D eigenvalue weighted by Crippen LogP contribution is -2.03. The zero-order chi connectivity index (χ0) is 9.52. The zero-order valence-electron chi connectivity index (χ0n) is 7.81. The van der Waals surface area contributed by atoms with Crippen LogP contribution in [0.4, 0.5) is 0 Å². The lowest BCUT2D eigenvalue weighted by atomic mass is 10.2. The summed E-state index contributed by atoms with van der Waals surface area (Å²) in [7, 11) is 0. The van der Waals surface area contributed by atoms with Gasteiger partial charge in [0.15, 0.2) is 0 Å². The highest BCUT2D eigenvalue weighted by atomic mass is 32.2. The molecule has 1 atom stereocenters. The lowest BCUT2D eigenvalue weighted by Gasteiger charge is -2.06. The molecular weight excluding hydrogens is 182 g/mol. The van der Waals surface area contributed by atoms with Crippen molar-refractivity contribution in [2.24, 2.45) is 5.92 Å². The summed E-state index contributed by atoms with van der Waals surface area (Å²) in [6.45, 7) is 2.34. The van der Waals surface area contributed by atoms with E-state index in [2.05, 4.69) is 11.9 Å². The second-order valence-corrected chi connectivity index (χ2v) is 4.19. The molecule has 2 nitrogen and oxygen atoms in total. The van der Waals surface area contributed by atoms with E-state index < -0.39 is 0 Å². The molecule has 0 saturated heterocycles. The molecule has 0 spiro atoms. The lowest BCUT2D eigenvalue weighted by molar-refractivity contribution is 0.250. The molecule has 0 fully saturated rings. The van der Waals surface area contributed by atoms with Gasteiger partial charge in [-0.3, -0.25) is 4.98 Å². The van der Waals surface area contributed by atoms with Gasteiger partial charge < -0.3 is 5.11 Å². The maximum absolute atomic E-state index is 8.81. The number of hydrogen-bond acceptors (Lipinski definition) is 3. The van der Waals surface area contributed by atoms with Gasteiger partial charge in [-0.15, -0.1) is 0 Å². The van der Waals surface area contributed by atoms with Gasteiger partial charge in [-0.1, -0.05) is 6.92 Å². The summed E-state index contributed by atoms with van der Waals surface area (Å²) in [5, 5.41) is 8.81. The van der Waals surface area contributed by atoms with E-state index in [9.17, 15) is 0 Å². The van der Waals surface area contributed by atoms with Gasteiger partial charge >= 0.3 is 0 Å². The van der Waals surface area contributed by atoms with E-state index in [1.54, 1.807) is 0 Å². The third-order valence-corrected chi connectivity index (χ3v) is 3.07. The van der Waals surface area contributed by atoms with Crippen LogP contribution in [0.15, 0.2) is 24.5 Å². The molecule has 1 aromatic rings. The van der Waals surface area contributed by atoms with Crippen molar-refractivity contribution in [1.82, 2.24) is 4.98 Å². The van der Waals surface area contributed by atoms with Gasteiger partial charge in [0.2, 0.25) is 0 Å². The van der Waals surface area contributed by atoms with Crippen LogP contribution in [0, 0.1) is 5.92 Å². The van der Waals surface area contributed by atoms with Gasteiger partial charge in [0.05, 0.1) is 0 Å². The molecule has 0 aromatic carbocycles. The minimum Gasteiger partial charge on any atom is -0.396 e. The average Bonchev–Trinajstić information content (AvgIpc) is 2.19. The third-order valence-electron chi connectivity index (χ3n) is 1.73. The standard InChI is InChI=1S/C10H15NOS/c1-9(6-12)7-13-8-10-2-4-11-5-3-10/h2-5,9,12H,6-8H2,1H3. The van der Waals surface area contributed by atoms with E-state index in [1.165, 1.54) is 5.56 Å². The smallest absolute Gasteiger partial charge is 0.0464 e. The number of nitrogens with zero attached hydrogens (tertiary/aromatic N) is 1. The Kier molecular flexibility index (Phi) is 4.86. The normalized spacial score (nSPS) is 12.8. The van der Waals surface area contributed by atoms with Crippen molar-refractivity contribution >= 4 is 11.8 Å². The molecular formula is C10H15NOS. The fourth-order valence-corrected chi connectivity index (χ4v) is 1.96. The molecule has 0 radical (unpaired) electrons. The van der Waals surface area contributed by atoms with Gasteiger partial charge in [-0.05, 0) is 29.4 Å². The maximum atomic E-state index is 8.81. The van der Waals surface area contributed by atoms with Crippen molar-refractivity contribution in [1.29, 1.82) is 0 Å². The summed E-state index contributed by atoms with van der Waals surface area (Å²) in [5.74, 6) is 2.41. The number of aromatic nitrogens is 1. The van der Waals surface area contributed by atoms with Crippen LogP contribution < -0.4 is 0 Å². The van der Waals surface area contributed by atoms with E-state index in [1.807, 2.05) is 36.3 Å². The van der Waals surface area contributed by atoms with E-state index >= 15 is 0 Å². The predicted octanol–water partition coefficient (Wildman–Crippen LogP) is 1.94. The van der Waals surface area contributed by atoms with Gasteiger partial charge in [0.25, 0.3) is 0 Å². The van der Waals surface area contributed by atoms with Crippen LogP contribution in [0.2, 0.25) is 0 Å². The van der Waals surface area contributed by atoms with Crippen LogP contribution in [0.1, 0.15) is 12.5 Å². The predicted molar refractivity (Wildman–Crippen MR) is 56.6 cm³/mol. The van der Waals surface area contributed by atoms with Crippen LogP contribution in [0.25, 0.3) is 0 Å². The first-order valence-corrected chi connectivity index (χ1v) is 5.56. The molecule has 0 saturated carbocycles. The summed E-state index contributed by atoms with van der Waals surface area (Å²) < 4.78 is 0. The number of hydrogen-bond donors (Lipinski definition) is 1. The minimum atomic E-state index is 0.281. The van der Waals surface area contributed by atoms with Crippen molar-refractivity contribution in [3.05, 3.63) is 30.1 Å². The average molecular weight is 197 g/mol. The monoisotopic (exact) mass is 197 g/mol. The number of aliphatic hydroxyl groups is 1. The van der Waals surface area contributed by atoms with Crippen LogP contribution in [-0.4, -0.2) is 22.5 Å². The topological polar surface area (TPSA) is 33.1 Å². The quantitative estimate of drug-likeness (QED) is 0.783. The van der Waals surface area contributed by atoms with E-state index in [-0.39, 0.29) is 6.61 Å². The Balaban J connectivity index is 2.20. The second kappa shape index (κ2) is 6.00. The molecule has 0 bridgehead atoms. The Morgan fingerprint density at radius 1 is 1.46 bits per heavy atom. The van der Waals surface area contributed by atoms with Crippen molar-refractivity contribution in [3.8, 4) is 0 Å². The largest absolute Gasteiger partial charge is 0.396 e. The first-order valence-electron chi connectivity index (χ1n) is 4.40. The Labute approximate surface area is 83.4 Å². The highest BCUT2D eigenvalue weighted by Gasteiger charge is 1.99. The maximum Gasteiger partial charge on any atom is 0.0464 e. The summed E-state index contributed by atoms with van der Waals surface area (Å²) in [6, 6.07) is 4.05. The Bertz CT molecular complexity index is 228. The molecule has 13 heavy (non-hydrogen) atoms. The van der Waals surface area contributed by atoms with Crippen molar-refractivity contribution in [3.63, 3.8) is 0 Å². The zero-order valence-corrected chi connectivity index (χ0v) is 8.63. The van der Waals surface area contributed by atoms with Crippen LogP contribution in [0.5, 0.6) is 0 Å². The molecule has 1 heterocycles. The summed E-state index contributed by atoms with van der Waals surface area (Å²) in [4.78, 5) is 3.96. The number of thioether (sulfide) groups is 1. The molecule has 0 aliphatic rings. The molecule has 0 aliphatic heterocycles. The van der Waals surface area contributed by atoms with Gasteiger partial charge in [0, 0.05) is 24.8 Å². The van der Waals surface area contributed by atoms with Crippen molar-refractivity contribution in [2.75, 3.05) is 12.4 Å². The SMILES string of the molecule is CC(CO)CSCc1ccncc1. The third kappa shape index (κ3) is 4.29. The first kappa shape index (κ1) is 10.5. The fraction of sp³-hybridized carbons (Fsp3) is 0.500. The summed E-state index contributed by atoms with van der Waals surface area (Å²) in [6.07, 6.45) is 3.62. The highest BCUT2D eigenvalue weighted by Crippen LogP contribution is 2.14. The van der Waals surface area contributed by atoms with Crippen molar-refractivity contribution in [2.45, 2.75) is 12.7 Å². The van der Waals surface area contributed by atoms with Gasteiger partial charge in [-0.2, -0.15) is 11.8 Å². The summed E-state index contributed by atoms with van der Waals surface area (Å²) in [5.41, 5.74) is 1.30. The minimum absolute atomic E-state index is 0.281. The number of rotatable bonds is 5. The van der Waals surface area contributed by atoms with Crippen molar-refractivity contribution < 1.29 is 5.11 Å². The number of aliphatic hydroxyl groups excluding tert-OH is 1. The molecule has 3 heteroatoms. The van der Waals surface area contributed by atoms with Gasteiger partial charge in [0.1, 0.15) is 0 Å². The molecule has 0 aliphatic carbocycles. The number of pyridine rings is 1. The van der Waals surface area contributed by atoms with Crippen LogP contribution >= 0.6 is 11.8 Å². The molecule has 1 rings (SSSR count). The molecule has 72 valence electrons. The molecule has 1 unspecified atom stereocenters. The second-order valence-electron chi connectivity index (χ2n) is 3.16. The van der Waals surface area contributed by atoms with Crippen LogP contribution in [0.3, 0.4) is 0 Å². The fourth-order valence-electron chi connectivity index (χ4n) is 0.910.